The summed E-state index contributed by atoms with van der Waals surface area (Å²) in [4.78, 5) is 2.30. The summed E-state index contributed by atoms with van der Waals surface area (Å²) in [5, 5.41) is 0. The second kappa shape index (κ2) is 8.76. The van der Waals surface area contributed by atoms with Crippen molar-refractivity contribution in [1.29, 1.82) is 0 Å². The number of rotatable bonds is 5. The normalized spacial score (nSPS) is 16.4. The summed E-state index contributed by atoms with van der Waals surface area (Å²) in [6.07, 6.45) is 1.50. The number of hydrogen-bond acceptors (Lipinski definition) is 3. The first-order chi connectivity index (χ1) is 11.5. The first-order valence-corrected chi connectivity index (χ1v) is 9.55. The van der Waals surface area contributed by atoms with Crippen molar-refractivity contribution < 1.29 is 12.8 Å². The minimum absolute atomic E-state index is 0. The van der Waals surface area contributed by atoms with Crippen LogP contribution in [0.15, 0.2) is 59.5 Å². The van der Waals surface area contributed by atoms with Gasteiger partial charge in [0.15, 0.2) is 0 Å². The van der Waals surface area contributed by atoms with E-state index in [2.05, 4.69) is 21.8 Å². The van der Waals surface area contributed by atoms with Crippen LogP contribution in [-0.2, 0) is 16.6 Å². The Morgan fingerprint density at radius 1 is 1.04 bits per heavy atom. The number of piperidine rings is 1. The van der Waals surface area contributed by atoms with Gasteiger partial charge in [-0.3, -0.25) is 4.90 Å². The molecule has 1 N–H and O–H groups in total. The van der Waals surface area contributed by atoms with Gasteiger partial charge in [-0.1, -0.05) is 36.4 Å². The Morgan fingerprint density at radius 2 is 1.72 bits per heavy atom. The van der Waals surface area contributed by atoms with Gasteiger partial charge in [0, 0.05) is 25.7 Å². The summed E-state index contributed by atoms with van der Waals surface area (Å²) >= 11 is 0. The molecule has 0 saturated carbocycles. The van der Waals surface area contributed by atoms with Gasteiger partial charge in [0.1, 0.15) is 5.82 Å². The van der Waals surface area contributed by atoms with Crippen molar-refractivity contribution in [2.75, 3.05) is 13.1 Å². The van der Waals surface area contributed by atoms with E-state index in [-0.39, 0.29) is 23.3 Å². The van der Waals surface area contributed by atoms with Crippen molar-refractivity contribution >= 4 is 22.4 Å². The number of benzene rings is 2. The summed E-state index contributed by atoms with van der Waals surface area (Å²) in [5.41, 5.74) is 1.26. The Balaban J connectivity index is 0.00000225. The third kappa shape index (κ3) is 5.51. The molecule has 0 aliphatic carbocycles. The first-order valence-electron chi connectivity index (χ1n) is 8.07. The molecule has 0 bridgehead atoms. The molecule has 1 aliphatic heterocycles. The van der Waals surface area contributed by atoms with E-state index in [4.69, 9.17) is 0 Å². The van der Waals surface area contributed by atoms with Crippen molar-refractivity contribution in [3.05, 3.63) is 66.0 Å². The van der Waals surface area contributed by atoms with Crippen LogP contribution in [0.5, 0.6) is 0 Å². The van der Waals surface area contributed by atoms with Gasteiger partial charge in [0.2, 0.25) is 10.0 Å². The van der Waals surface area contributed by atoms with Crippen LogP contribution in [0, 0.1) is 5.82 Å². The quantitative estimate of drug-likeness (QED) is 0.861. The predicted octanol–water partition coefficient (Wildman–Crippen LogP) is 3.19. The second-order valence-corrected chi connectivity index (χ2v) is 7.83. The van der Waals surface area contributed by atoms with Crippen molar-refractivity contribution in [2.45, 2.75) is 30.3 Å². The molecule has 0 radical (unpaired) electrons. The Labute approximate surface area is 154 Å². The SMILES string of the molecule is Cl.O=S(=O)(NC1CCN(Cc2ccccc2)CC1)c1cccc(F)c1. The lowest BCUT2D eigenvalue weighted by atomic mass is 10.1. The Morgan fingerprint density at radius 3 is 2.36 bits per heavy atom. The molecule has 0 amide bonds. The van der Waals surface area contributed by atoms with Crippen molar-refractivity contribution in [2.24, 2.45) is 0 Å². The minimum atomic E-state index is -3.67. The van der Waals surface area contributed by atoms with E-state index in [1.165, 1.54) is 23.8 Å². The van der Waals surface area contributed by atoms with Gasteiger partial charge in [0.05, 0.1) is 4.90 Å². The van der Waals surface area contributed by atoms with Gasteiger partial charge in [-0.05, 0) is 36.6 Å². The molecule has 7 heteroatoms. The van der Waals surface area contributed by atoms with E-state index < -0.39 is 15.8 Å². The molecule has 1 heterocycles. The monoisotopic (exact) mass is 384 g/mol. The fraction of sp³-hybridized carbons (Fsp3) is 0.333. The van der Waals surface area contributed by atoms with Crippen LogP contribution in [-0.4, -0.2) is 32.4 Å². The topological polar surface area (TPSA) is 49.4 Å². The fourth-order valence-electron chi connectivity index (χ4n) is 2.97. The average molecular weight is 385 g/mol. The van der Waals surface area contributed by atoms with Gasteiger partial charge < -0.3 is 0 Å². The highest BCUT2D eigenvalue weighted by molar-refractivity contribution is 7.89. The number of sulfonamides is 1. The maximum atomic E-state index is 13.2. The minimum Gasteiger partial charge on any atom is -0.299 e. The third-order valence-corrected chi connectivity index (χ3v) is 5.78. The molecule has 2 aromatic rings. The number of nitrogens with zero attached hydrogens (tertiary/aromatic N) is 1. The van der Waals surface area contributed by atoms with Crippen LogP contribution in [0.4, 0.5) is 4.39 Å². The van der Waals surface area contributed by atoms with E-state index in [0.29, 0.717) is 0 Å². The highest BCUT2D eigenvalue weighted by Crippen LogP contribution is 2.17. The molecule has 3 rings (SSSR count). The first kappa shape index (κ1) is 19.8. The summed E-state index contributed by atoms with van der Waals surface area (Å²) in [6.45, 7) is 2.56. The molecule has 1 aliphatic rings. The highest BCUT2D eigenvalue weighted by atomic mass is 35.5. The van der Waals surface area contributed by atoms with E-state index in [9.17, 15) is 12.8 Å². The summed E-state index contributed by atoms with van der Waals surface area (Å²) in [7, 11) is -3.67. The van der Waals surface area contributed by atoms with Gasteiger partial charge in [-0.2, -0.15) is 0 Å². The maximum Gasteiger partial charge on any atom is 0.240 e. The van der Waals surface area contributed by atoms with Gasteiger partial charge >= 0.3 is 0 Å². The number of likely N-dealkylation sites (tertiary alicyclic amines) is 1. The Kier molecular flexibility index (Phi) is 6.95. The molecular formula is C18H22ClFN2O2S. The molecule has 2 aromatic carbocycles. The average Bonchev–Trinajstić information content (AvgIpc) is 2.57. The van der Waals surface area contributed by atoms with Crippen LogP contribution >= 0.6 is 12.4 Å². The number of nitrogens with one attached hydrogen (secondary N) is 1. The molecule has 0 spiro atoms. The van der Waals surface area contributed by atoms with Crippen molar-refractivity contribution in [1.82, 2.24) is 9.62 Å². The molecular weight excluding hydrogens is 363 g/mol. The van der Waals surface area contributed by atoms with Crippen LogP contribution < -0.4 is 4.72 Å². The molecule has 0 unspecified atom stereocenters. The lowest BCUT2D eigenvalue weighted by Gasteiger charge is -2.32. The number of hydrogen-bond donors (Lipinski definition) is 1. The third-order valence-electron chi connectivity index (χ3n) is 4.26. The highest BCUT2D eigenvalue weighted by Gasteiger charge is 2.24. The van der Waals surface area contributed by atoms with Crippen LogP contribution in [0.2, 0.25) is 0 Å². The van der Waals surface area contributed by atoms with Gasteiger partial charge in [-0.15, -0.1) is 12.4 Å². The maximum absolute atomic E-state index is 13.2. The van der Waals surface area contributed by atoms with Gasteiger partial charge in [0.25, 0.3) is 0 Å². The zero-order chi connectivity index (χ0) is 17.0. The largest absolute Gasteiger partial charge is 0.299 e. The zero-order valence-corrected chi connectivity index (χ0v) is 15.4. The van der Waals surface area contributed by atoms with Crippen LogP contribution in [0.1, 0.15) is 18.4 Å². The van der Waals surface area contributed by atoms with E-state index in [0.717, 1.165) is 38.5 Å². The number of halogens is 2. The fourth-order valence-corrected chi connectivity index (χ4v) is 4.31. The lowest BCUT2D eigenvalue weighted by Crippen LogP contribution is -2.44. The summed E-state index contributed by atoms with van der Waals surface area (Å²) in [5.74, 6) is -0.546. The molecule has 136 valence electrons. The zero-order valence-electron chi connectivity index (χ0n) is 13.8. The molecule has 4 nitrogen and oxygen atoms in total. The Hall–Kier alpha value is -1.47. The van der Waals surface area contributed by atoms with E-state index >= 15 is 0 Å². The molecule has 0 aromatic heterocycles. The molecule has 25 heavy (non-hydrogen) atoms. The predicted molar refractivity (Wildman–Crippen MR) is 98.7 cm³/mol. The Bertz CT molecular complexity index is 779. The molecule has 1 fully saturated rings. The standard InChI is InChI=1S/C18H21FN2O2S.ClH/c19-16-7-4-8-18(13-16)24(22,23)20-17-9-11-21(12-10-17)14-15-5-2-1-3-6-15;/h1-8,13,17,20H,9-12,14H2;1H. The smallest absolute Gasteiger partial charge is 0.240 e. The van der Waals surface area contributed by atoms with Crippen LogP contribution in [0.25, 0.3) is 0 Å². The molecule has 1 saturated heterocycles. The molecule has 0 atom stereocenters. The lowest BCUT2D eigenvalue weighted by molar-refractivity contribution is 0.200. The summed E-state index contributed by atoms with van der Waals surface area (Å²) in [6, 6.07) is 15.2. The van der Waals surface area contributed by atoms with E-state index in [1.807, 2.05) is 18.2 Å². The van der Waals surface area contributed by atoms with Crippen molar-refractivity contribution in [3.8, 4) is 0 Å². The summed E-state index contributed by atoms with van der Waals surface area (Å²) < 4.78 is 40.6. The van der Waals surface area contributed by atoms with Crippen molar-refractivity contribution in [3.63, 3.8) is 0 Å². The van der Waals surface area contributed by atoms with E-state index in [1.54, 1.807) is 0 Å². The van der Waals surface area contributed by atoms with Crippen LogP contribution in [0.3, 0.4) is 0 Å². The second-order valence-electron chi connectivity index (χ2n) is 6.11. The van der Waals surface area contributed by atoms with Gasteiger partial charge in [-0.25, -0.2) is 17.5 Å².